The van der Waals surface area contributed by atoms with Gasteiger partial charge in [0.25, 0.3) is 0 Å². The Balaban J connectivity index is 1.75. The number of nitrogens with zero attached hydrogens (tertiary/aromatic N) is 4. The van der Waals surface area contributed by atoms with Crippen LogP contribution in [0, 0.1) is 0 Å². The molecule has 0 bridgehead atoms. The third kappa shape index (κ3) is 4.31. The molecule has 6 nitrogen and oxygen atoms in total. The van der Waals surface area contributed by atoms with E-state index < -0.39 is 0 Å². The average molecular weight is 449 g/mol. The van der Waals surface area contributed by atoms with Gasteiger partial charge in [0.15, 0.2) is 0 Å². The molecule has 166 valence electrons. The molecule has 4 rings (SSSR count). The van der Waals surface area contributed by atoms with E-state index in [-0.39, 0.29) is 12.0 Å². The summed E-state index contributed by atoms with van der Waals surface area (Å²) in [5.74, 6) is -0.343. The van der Waals surface area contributed by atoms with Gasteiger partial charge in [-0.25, -0.2) is 14.8 Å². The van der Waals surface area contributed by atoms with Crippen molar-refractivity contribution in [2.45, 2.75) is 32.4 Å². The number of methoxy groups -OCH3 is 1. The second kappa shape index (κ2) is 9.63. The van der Waals surface area contributed by atoms with E-state index in [0.29, 0.717) is 11.6 Å². The topological polar surface area (TPSA) is 60.2 Å². The number of hydrogen-bond acceptors (Lipinski definition) is 6. The molecule has 0 aliphatic heterocycles. The summed E-state index contributed by atoms with van der Waals surface area (Å²) in [5, 5.41) is 0.889. The van der Waals surface area contributed by atoms with Crippen molar-refractivity contribution >= 4 is 27.5 Å². The summed E-state index contributed by atoms with van der Waals surface area (Å²) in [4.78, 5) is 23.4. The fraction of sp³-hybridized carbons (Fsp3) is 0.320. The van der Waals surface area contributed by atoms with Crippen LogP contribution in [0.4, 0.5) is 0 Å². The molecular weight excluding hydrogens is 420 g/mol. The normalized spacial score (nSPS) is 13.4. The number of benzene rings is 2. The van der Waals surface area contributed by atoms with Crippen molar-refractivity contribution in [1.82, 2.24) is 19.4 Å². The van der Waals surface area contributed by atoms with Crippen LogP contribution in [0.5, 0.6) is 0 Å². The third-order valence-electron chi connectivity index (χ3n) is 5.98. The maximum Gasteiger partial charge on any atom is 0.337 e. The second-order valence-corrected chi connectivity index (χ2v) is 8.85. The zero-order valence-electron chi connectivity index (χ0n) is 18.9. The number of imidazole rings is 1. The Bertz CT molecular complexity index is 1200. The first-order valence-electron chi connectivity index (χ1n) is 10.8. The number of aromatic nitrogens is 3. The molecule has 0 saturated heterocycles. The van der Waals surface area contributed by atoms with Crippen LogP contribution < -0.4 is 0 Å². The molecule has 0 radical (unpaired) electrons. The summed E-state index contributed by atoms with van der Waals surface area (Å²) in [6.45, 7) is 5.40. The lowest BCUT2D eigenvalue weighted by Crippen LogP contribution is -2.39. The highest BCUT2D eigenvalue weighted by molar-refractivity contribution is 7.21. The van der Waals surface area contributed by atoms with E-state index in [1.54, 1.807) is 17.4 Å². The Morgan fingerprint density at radius 2 is 2.06 bits per heavy atom. The molecule has 2 aromatic heterocycles. The highest BCUT2D eigenvalue weighted by Gasteiger charge is 2.26. The largest absolute Gasteiger partial charge is 0.465 e. The highest BCUT2D eigenvalue weighted by Crippen LogP contribution is 2.35. The summed E-state index contributed by atoms with van der Waals surface area (Å²) in [6.07, 6.45) is 6.80. The number of thiazole rings is 1. The van der Waals surface area contributed by atoms with Crippen molar-refractivity contribution < 1.29 is 9.53 Å². The fourth-order valence-electron chi connectivity index (χ4n) is 4.18. The van der Waals surface area contributed by atoms with E-state index in [1.165, 1.54) is 12.7 Å². The van der Waals surface area contributed by atoms with E-state index in [4.69, 9.17) is 9.72 Å². The van der Waals surface area contributed by atoms with E-state index in [0.717, 1.165) is 33.8 Å². The third-order valence-corrected chi connectivity index (χ3v) is 7.05. The minimum Gasteiger partial charge on any atom is -0.465 e. The van der Waals surface area contributed by atoms with Crippen molar-refractivity contribution in [3.8, 4) is 10.6 Å². The number of likely N-dealkylation sites (N-methyl/N-ethyl adjacent to an activating group) is 1. The van der Waals surface area contributed by atoms with Crippen molar-refractivity contribution in [2.24, 2.45) is 0 Å². The zero-order valence-corrected chi connectivity index (χ0v) is 19.7. The van der Waals surface area contributed by atoms with Crippen molar-refractivity contribution in [3.05, 3.63) is 72.3 Å². The summed E-state index contributed by atoms with van der Waals surface area (Å²) < 4.78 is 8.18. The standard InChI is InChI=1S/C25H28N4O2S/c1-5-21(28(3)6-2)23(29-13-12-26-16-29)17-10-11-20-22(15-17)32-24(27-20)18-8-7-9-19(14-18)25(30)31-4/h7-16,21,23H,5-6H2,1-4H3. The van der Waals surface area contributed by atoms with Gasteiger partial charge in [-0.15, -0.1) is 11.3 Å². The monoisotopic (exact) mass is 448 g/mol. The lowest BCUT2D eigenvalue weighted by atomic mass is 9.95. The van der Waals surface area contributed by atoms with Crippen LogP contribution in [0.2, 0.25) is 0 Å². The summed E-state index contributed by atoms with van der Waals surface area (Å²) >= 11 is 1.64. The van der Waals surface area contributed by atoms with Gasteiger partial charge < -0.3 is 14.2 Å². The van der Waals surface area contributed by atoms with Gasteiger partial charge >= 0.3 is 5.97 Å². The van der Waals surface area contributed by atoms with E-state index >= 15 is 0 Å². The molecule has 0 spiro atoms. The summed E-state index contributed by atoms with van der Waals surface area (Å²) in [6, 6.07) is 14.4. The molecule has 0 saturated carbocycles. The predicted molar refractivity (Wildman–Crippen MR) is 129 cm³/mol. The van der Waals surface area contributed by atoms with Gasteiger partial charge in [-0.2, -0.15) is 0 Å². The van der Waals surface area contributed by atoms with Gasteiger partial charge in [-0.05, 0) is 49.8 Å². The smallest absolute Gasteiger partial charge is 0.337 e. The van der Waals surface area contributed by atoms with Crippen LogP contribution in [0.1, 0.15) is 42.2 Å². The van der Waals surface area contributed by atoms with Crippen LogP contribution >= 0.6 is 11.3 Å². The number of fused-ring (bicyclic) bond motifs is 1. The molecule has 2 heterocycles. The Kier molecular flexibility index (Phi) is 6.67. The Labute approximate surface area is 192 Å². The number of ether oxygens (including phenoxy) is 1. The minimum atomic E-state index is -0.343. The van der Waals surface area contributed by atoms with Crippen LogP contribution in [0.15, 0.2) is 61.2 Å². The fourth-order valence-corrected chi connectivity index (χ4v) is 5.19. The van der Waals surface area contributed by atoms with Crippen molar-refractivity contribution in [3.63, 3.8) is 0 Å². The van der Waals surface area contributed by atoms with Crippen LogP contribution in [-0.2, 0) is 4.74 Å². The molecule has 32 heavy (non-hydrogen) atoms. The molecule has 2 aromatic carbocycles. The van der Waals surface area contributed by atoms with Gasteiger partial charge in [0.2, 0.25) is 0 Å². The van der Waals surface area contributed by atoms with Crippen LogP contribution in [-0.4, -0.2) is 52.1 Å². The lowest BCUT2D eigenvalue weighted by molar-refractivity contribution is 0.0601. The lowest BCUT2D eigenvalue weighted by Gasteiger charge is -2.34. The number of carbonyl (C=O) groups is 1. The molecule has 0 N–H and O–H groups in total. The zero-order chi connectivity index (χ0) is 22.7. The van der Waals surface area contributed by atoms with Gasteiger partial charge in [-0.3, -0.25) is 0 Å². The van der Waals surface area contributed by atoms with Gasteiger partial charge in [0.1, 0.15) is 5.01 Å². The van der Waals surface area contributed by atoms with Crippen molar-refractivity contribution in [2.75, 3.05) is 20.7 Å². The molecule has 0 aliphatic carbocycles. The number of rotatable bonds is 8. The molecule has 7 heteroatoms. The first-order valence-corrected chi connectivity index (χ1v) is 11.6. The number of carbonyl (C=O) groups excluding carboxylic acids is 1. The molecule has 0 fully saturated rings. The molecular formula is C25H28N4O2S. The van der Waals surface area contributed by atoms with E-state index in [9.17, 15) is 4.79 Å². The highest BCUT2D eigenvalue weighted by atomic mass is 32.1. The molecule has 2 unspecified atom stereocenters. The summed E-state index contributed by atoms with van der Waals surface area (Å²) in [5.41, 5.74) is 3.64. The number of hydrogen-bond donors (Lipinski definition) is 0. The summed E-state index contributed by atoms with van der Waals surface area (Å²) in [7, 11) is 3.57. The Morgan fingerprint density at radius 3 is 2.75 bits per heavy atom. The quantitative estimate of drug-likeness (QED) is 0.344. The maximum atomic E-state index is 11.9. The van der Waals surface area contributed by atoms with Gasteiger partial charge in [0, 0.05) is 24.0 Å². The van der Waals surface area contributed by atoms with E-state index in [2.05, 4.69) is 53.5 Å². The maximum absolute atomic E-state index is 11.9. The Morgan fingerprint density at radius 1 is 1.22 bits per heavy atom. The molecule has 0 aliphatic rings. The van der Waals surface area contributed by atoms with Gasteiger partial charge in [0.05, 0.1) is 35.3 Å². The number of esters is 1. The van der Waals surface area contributed by atoms with Crippen LogP contribution in [0.25, 0.3) is 20.8 Å². The minimum absolute atomic E-state index is 0.157. The first kappa shape index (κ1) is 22.2. The Hall–Kier alpha value is -3.03. The van der Waals surface area contributed by atoms with Crippen LogP contribution in [0.3, 0.4) is 0 Å². The second-order valence-electron chi connectivity index (χ2n) is 7.82. The van der Waals surface area contributed by atoms with Crippen molar-refractivity contribution in [1.29, 1.82) is 0 Å². The van der Waals surface area contributed by atoms with E-state index in [1.807, 2.05) is 36.9 Å². The van der Waals surface area contributed by atoms with Gasteiger partial charge in [-0.1, -0.05) is 32.0 Å². The first-order chi connectivity index (χ1) is 15.5. The SMILES string of the molecule is CCC(C(c1ccc2nc(-c3cccc(C(=O)OC)c3)sc2c1)n1ccnc1)N(C)CC. The molecule has 4 aromatic rings. The molecule has 2 atom stereocenters. The predicted octanol–water partition coefficient (Wildman–Crippen LogP) is 5.27. The molecule has 0 amide bonds. The average Bonchev–Trinajstić information content (AvgIpc) is 3.51.